The van der Waals surface area contributed by atoms with E-state index >= 15 is 0 Å². The standard InChI is InChI=1S/C23H16S4/c1-2-6-16(7-3-1)23(21-12-10-19(26-21)17-8-4-14-24-17)22-13-11-20(27-22)18-9-5-15-25-18/h1-15,23H. The van der Waals surface area contributed by atoms with Crippen molar-refractivity contribution < 1.29 is 0 Å². The van der Waals surface area contributed by atoms with Gasteiger partial charge in [-0.15, -0.1) is 45.3 Å². The third-order valence-corrected chi connectivity index (χ3v) is 8.92. The highest BCUT2D eigenvalue weighted by Crippen LogP contribution is 2.44. The molecule has 132 valence electrons. The Bertz CT molecular complexity index is 1040. The van der Waals surface area contributed by atoms with Crippen LogP contribution in [0.3, 0.4) is 0 Å². The minimum absolute atomic E-state index is 0.295. The Morgan fingerprint density at radius 1 is 0.481 bits per heavy atom. The van der Waals surface area contributed by atoms with E-state index in [0.717, 1.165) is 0 Å². The van der Waals surface area contributed by atoms with Crippen LogP contribution in [0, 0.1) is 0 Å². The maximum atomic E-state index is 2.31. The molecule has 5 aromatic rings. The van der Waals surface area contributed by atoms with E-state index in [1.807, 2.05) is 45.3 Å². The molecule has 0 saturated carbocycles. The molecule has 0 amide bonds. The molecule has 0 fully saturated rings. The first-order valence-electron chi connectivity index (χ1n) is 8.70. The van der Waals surface area contributed by atoms with Gasteiger partial charge in [-0.3, -0.25) is 0 Å². The van der Waals surface area contributed by atoms with Gasteiger partial charge in [-0.05, 0) is 52.7 Å². The van der Waals surface area contributed by atoms with Crippen LogP contribution in [-0.4, -0.2) is 0 Å². The molecule has 0 N–H and O–H groups in total. The van der Waals surface area contributed by atoms with Crippen LogP contribution in [-0.2, 0) is 0 Å². The van der Waals surface area contributed by atoms with Crippen LogP contribution in [0.4, 0.5) is 0 Å². The van der Waals surface area contributed by atoms with E-state index < -0.39 is 0 Å². The second kappa shape index (κ2) is 7.56. The molecule has 4 aromatic heterocycles. The Morgan fingerprint density at radius 3 is 1.52 bits per heavy atom. The van der Waals surface area contributed by atoms with Crippen molar-refractivity contribution in [3.05, 3.63) is 105 Å². The zero-order valence-electron chi connectivity index (χ0n) is 14.4. The van der Waals surface area contributed by atoms with Crippen LogP contribution in [0.5, 0.6) is 0 Å². The number of thiophene rings is 4. The number of rotatable bonds is 5. The van der Waals surface area contributed by atoms with Gasteiger partial charge < -0.3 is 0 Å². The van der Waals surface area contributed by atoms with Crippen molar-refractivity contribution in [3.8, 4) is 19.5 Å². The summed E-state index contributed by atoms with van der Waals surface area (Å²) in [6, 6.07) is 28.7. The Morgan fingerprint density at radius 2 is 1.04 bits per heavy atom. The van der Waals surface area contributed by atoms with E-state index in [4.69, 9.17) is 0 Å². The molecular formula is C23H16S4. The van der Waals surface area contributed by atoms with Crippen LogP contribution in [0.1, 0.15) is 21.2 Å². The van der Waals surface area contributed by atoms with Gasteiger partial charge in [-0.25, -0.2) is 0 Å². The maximum absolute atomic E-state index is 2.31. The third kappa shape index (κ3) is 3.46. The molecule has 0 aliphatic carbocycles. The topological polar surface area (TPSA) is 0 Å². The first kappa shape index (κ1) is 17.1. The molecule has 5 rings (SSSR count). The fraction of sp³-hybridized carbons (Fsp3) is 0.0435. The van der Waals surface area contributed by atoms with Crippen LogP contribution >= 0.6 is 45.3 Å². The lowest BCUT2D eigenvalue weighted by atomic mass is 9.96. The van der Waals surface area contributed by atoms with Gasteiger partial charge in [0.05, 0.1) is 5.92 Å². The van der Waals surface area contributed by atoms with E-state index in [0.29, 0.717) is 5.92 Å². The first-order valence-corrected chi connectivity index (χ1v) is 12.1. The predicted octanol–water partition coefficient (Wildman–Crippen LogP) is 8.45. The molecule has 27 heavy (non-hydrogen) atoms. The summed E-state index contributed by atoms with van der Waals surface area (Å²) in [6.45, 7) is 0. The lowest BCUT2D eigenvalue weighted by molar-refractivity contribution is 1.04. The summed E-state index contributed by atoms with van der Waals surface area (Å²) >= 11 is 7.45. The average molecular weight is 421 g/mol. The van der Waals surface area contributed by atoms with Crippen molar-refractivity contribution in [1.29, 1.82) is 0 Å². The summed E-state index contributed by atoms with van der Waals surface area (Å²) in [5.41, 5.74) is 1.36. The Balaban J connectivity index is 1.58. The van der Waals surface area contributed by atoms with Crippen LogP contribution < -0.4 is 0 Å². The molecular weight excluding hydrogens is 405 g/mol. The molecule has 4 heteroatoms. The summed E-state index contributed by atoms with van der Waals surface area (Å²) in [5, 5.41) is 4.30. The van der Waals surface area contributed by atoms with Crippen molar-refractivity contribution in [2.75, 3.05) is 0 Å². The van der Waals surface area contributed by atoms with Gasteiger partial charge >= 0.3 is 0 Å². The summed E-state index contributed by atoms with van der Waals surface area (Å²) in [6.07, 6.45) is 0. The molecule has 0 unspecified atom stereocenters. The lowest BCUT2D eigenvalue weighted by Crippen LogP contribution is -1.98. The predicted molar refractivity (Wildman–Crippen MR) is 123 cm³/mol. The van der Waals surface area contributed by atoms with E-state index in [9.17, 15) is 0 Å². The molecule has 0 radical (unpaired) electrons. The highest BCUT2D eigenvalue weighted by atomic mass is 32.1. The second-order valence-corrected chi connectivity index (χ2v) is 10.3. The van der Waals surface area contributed by atoms with E-state index in [1.54, 1.807) is 0 Å². The van der Waals surface area contributed by atoms with Crippen molar-refractivity contribution in [3.63, 3.8) is 0 Å². The summed E-state index contributed by atoms with van der Waals surface area (Å²) < 4.78 is 0. The first-order chi connectivity index (χ1) is 13.4. The highest BCUT2D eigenvalue weighted by Gasteiger charge is 2.21. The fourth-order valence-electron chi connectivity index (χ4n) is 3.23. The van der Waals surface area contributed by atoms with Gasteiger partial charge in [-0.2, -0.15) is 0 Å². The molecule has 1 aromatic carbocycles. The maximum Gasteiger partial charge on any atom is 0.0528 e. The lowest BCUT2D eigenvalue weighted by Gasteiger charge is -2.14. The smallest absolute Gasteiger partial charge is 0.0528 e. The van der Waals surface area contributed by atoms with Gasteiger partial charge in [0, 0.05) is 29.3 Å². The van der Waals surface area contributed by atoms with Crippen molar-refractivity contribution in [1.82, 2.24) is 0 Å². The van der Waals surface area contributed by atoms with E-state index in [1.165, 1.54) is 34.8 Å². The quantitative estimate of drug-likeness (QED) is 0.267. The minimum Gasteiger partial charge on any atom is -0.143 e. The third-order valence-electron chi connectivity index (χ3n) is 4.48. The van der Waals surface area contributed by atoms with Crippen molar-refractivity contribution in [2.24, 2.45) is 0 Å². The Kier molecular flexibility index (Phi) is 4.80. The number of benzene rings is 1. The summed E-state index contributed by atoms with van der Waals surface area (Å²) in [4.78, 5) is 8.23. The van der Waals surface area contributed by atoms with Gasteiger partial charge in [0.1, 0.15) is 0 Å². The zero-order valence-corrected chi connectivity index (χ0v) is 17.6. The van der Waals surface area contributed by atoms with Gasteiger partial charge in [-0.1, -0.05) is 42.5 Å². The minimum atomic E-state index is 0.295. The van der Waals surface area contributed by atoms with Crippen molar-refractivity contribution in [2.45, 2.75) is 5.92 Å². The molecule has 0 aliphatic heterocycles. The molecule has 0 atom stereocenters. The van der Waals surface area contributed by atoms with E-state index in [2.05, 4.69) is 89.6 Å². The summed E-state index contributed by atoms with van der Waals surface area (Å²) in [5.74, 6) is 0.295. The van der Waals surface area contributed by atoms with Crippen LogP contribution in [0.2, 0.25) is 0 Å². The Hall–Kier alpha value is -1.98. The average Bonchev–Trinajstić information content (AvgIpc) is 3.50. The zero-order chi connectivity index (χ0) is 18.1. The number of hydrogen-bond donors (Lipinski definition) is 0. The molecule has 0 bridgehead atoms. The molecule has 0 saturated heterocycles. The fourth-order valence-corrected chi connectivity index (χ4v) is 7.29. The van der Waals surface area contributed by atoms with Gasteiger partial charge in [0.15, 0.2) is 0 Å². The van der Waals surface area contributed by atoms with Gasteiger partial charge in [0.25, 0.3) is 0 Å². The molecule has 0 aliphatic rings. The van der Waals surface area contributed by atoms with Crippen LogP contribution in [0.25, 0.3) is 19.5 Å². The normalized spacial score (nSPS) is 11.3. The SMILES string of the molecule is c1ccc(C(c2ccc(-c3cccs3)s2)c2ccc(-c3cccs3)s2)cc1. The van der Waals surface area contributed by atoms with Crippen molar-refractivity contribution >= 4 is 45.3 Å². The number of hydrogen-bond acceptors (Lipinski definition) is 4. The van der Waals surface area contributed by atoms with Gasteiger partial charge in [0.2, 0.25) is 0 Å². The largest absolute Gasteiger partial charge is 0.143 e. The summed E-state index contributed by atoms with van der Waals surface area (Å²) in [7, 11) is 0. The monoisotopic (exact) mass is 420 g/mol. The molecule has 4 heterocycles. The van der Waals surface area contributed by atoms with Crippen LogP contribution in [0.15, 0.2) is 89.6 Å². The Labute approximate surface area is 175 Å². The molecule has 0 nitrogen and oxygen atoms in total. The highest BCUT2D eigenvalue weighted by molar-refractivity contribution is 7.22. The van der Waals surface area contributed by atoms with E-state index in [-0.39, 0.29) is 0 Å². The molecule has 0 spiro atoms. The second-order valence-electron chi connectivity index (χ2n) is 6.20.